The first kappa shape index (κ1) is 22.9. The van der Waals surface area contributed by atoms with Gasteiger partial charge < -0.3 is 20.9 Å². The molecule has 1 fully saturated rings. The zero-order chi connectivity index (χ0) is 22.4. The van der Waals surface area contributed by atoms with Crippen LogP contribution in [0, 0.1) is 0 Å². The summed E-state index contributed by atoms with van der Waals surface area (Å²) < 4.78 is 0. The molecule has 164 valence electrons. The predicted molar refractivity (Wildman–Crippen MR) is 123 cm³/mol. The topological polar surface area (TPSA) is 90.5 Å². The summed E-state index contributed by atoms with van der Waals surface area (Å²) in [7, 11) is 0. The molecule has 1 aliphatic carbocycles. The summed E-state index contributed by atoms with van der Waals surface area (Å²) in [5.41, 5.74) is 1.32. The van der Waals surface area contributed by atoms with E-state index in [0.29, 0.717) is 39.9 Å². The van der Waals surface area contributed by atoms with Crippen LogP contribution in [0.5, 0.6) is 0 Å². The van der Waals surface area contributed by atoms with Crippen molar-refractivity contribution in [3.05, 3.63) is 58.1 Å². The van der Waals surface area contributed by atoms with E-state index < -0.39 is 0 Å². The molecular weight excluding hydrogens is 439 g/mol. The van der Waals surface area contributed by atoms with Crippen LogP contribution in [0.25, 0.3) is 0 Å². The Balaban J connectivity index is 1.65. The molecule has 31 heavy (non-hydrogen) atoms. The molecule has 2 aromatic carbocycles. The van der Waals surface area contributed by atoms with Gasteiger partial charge in [-0.1, -0.05) is 36.2 Å². The van der Waals surface area contributed by atoms with Crippen LogP contribution >= 0.6 is 23.2 Å². The minimum Gasteiger partial charge on any atom is -0.335 e. The second-order valence-electron chi connectivity index (χ2n) is 7.35. The van der Waals surface area contributed by atoms with Crippen LogP contribution in [-0.4, -0.2) is 41.9 Å². The van der Waals surface area contributed by atoms with Gasteiger partial charge in [0.05, 0.1) is 10.7 Å². The van der Waals surface area contributed by atoms with Gasteiger partial charge in [0.25, 0.3) is 5.91 Å². The molecule has 2 aromatic rings. The van der Waals surface area contributed by atoms with Crippen molar-refractivity contribution in [2.75, 3.05) is 23.7 Å². The number of nitrogens with zero attached hydrogens (tertiary/aromatic N) is 1. The molecule has 0 heterocycles. The van der Waals surface area contributed by atoms with Gasteiger partial charge in [0.15, 0.2) is 0 Å². The molecule has 0 radical (unpaired) electrons. The van der Waals surface area contributed by atoms with E-state index in [1.165, 1.54) is 11.0 Å². The lowest BCUT2D eigenvalue weighted by atomic mass is 10.1. The Morgan fingerprint density at radius 2 is 1.84 bits per heavy atom. The van der Waals surface area contributed by atoms with Gasteiger partial charge in [-0.05, 0) is 55.7 Å². The van der Waals surface area contributed by atoms with Crippen molar-refractivity contribution in [3.63, 3.8) is 0 Å². The number of urea groups is 1. The maximum atomic E-state index is 13.0. The molecule has 1 aliphatic rings. The normalized spacial score (nSPS) is 12.7. The summed E-state index contributed by atoms with van der Waals surface area (Å²) in [5.74, 6) is -0.672. The van der Waals surface area contributed by atoms with Crippen molar-refractivity contribution >= 4 is 52.4 Å². The Labute approximate surface area is 191 Å². The van der Waals surface area contributed by atoms with E-state index in [0.717, 1.165) is 12.8 Å². The monoisotopic (exact) mass is 462 g/mol. The van der Waals surface area contributed by atoms with Crippen LogP contribution < -0.4 is 16.0 Å². The fourth-order valence-corrected chi connectivity index (χ4v) is 3.42. The quantitative estimate of drug-likeness (QED) is 0.527. The average molecular weight is 463 g/mol. The van der Waals surface area contributed by atoms with E-state index in [9.17, 15) is 14.4 Å². The fourth-order valence-electron chi connectivity index (χ4n) is 2.97. The molecule has 7 nitrogen and oxygen atoms in total. The number of amides is 4. The smallest absolute Gasteiger partial charge is 0.319 e. The summed E-state index contributed by atoms with van der Waals surface area (Å²) in [6.07, 6.45) is 2.66. The Bertz CT molecular complexity index is 979. The lowest BCUT2D eigenvalue weighted by Crippen LogP contribution is -2.38. The summed E-state index contributed by atoms with van der Waals surface area (Å²) in [6, 6.07) is 11.4. The third-order valence-corrected chi connectivity index (χ3v) is 5.15. The zero-order valence-corrected chi connectivity index (χ0v) is 18.6. The van der Waals surface area contributed by atoms with Crippen LogP contribution in [0.4, 0.5) is 16.2 Å². The van der Waals surface area contributed by atoms with E-state index in [4.69, 9.17) is 23.2 Å². The summed E-state index contributed by atoms with van der Waals surface area (Å²) in [4.78, 5) is 39.0. The van der Waals surface area contributed by atoms with Crippen molar-refractivity contribution < 1.29 is 14.4 Å². The highest BCUT2D eigenvalue weighted by molar-refractivity contribution is 6.36. The number of halogens is 2. The molecule has 0 bridgehead atoms. The van der Waals surface area contributed by atoms with Gasteiger partial charge in [-0.15, -0.1) is 0 Å². The number of carbonyl (C=O) groups excluding carboxylic acids is 3. The standard InChI is InChI=1S/C22H24Cl2N4O3/c1-2-10-28(13-20(29)27-19-9-6-15(23)12-18(19)24)21(30)14-4-3-5-17(11-14)26-22(31)25-16-7-8-16/h3-6,9,11-12,16H,2,7-8,10,13H2,1H3,(H,27,29)(H2,25,26,31). The first-order valence-electron chi connectivity index (χ1n) is 10.1. The van der Waals surface area contributed by atoms with Gasteiger partial charge in [0, 0.05) is 28.9 Å². The fraction of sp³-hybridized carbons (Fsp3) is 0.318. The summed E-state index contributed by atoms with van der Waals surface area (Å²) >= 11 is 12.0. The second-order valence-corrected chi connectivity index (χ2v) is 8.20. The molecule has 9 heteroatoms. The molecule has 0 aliphatic heterocycles. The highest BCUT2D eigenvalue weighted by Crippen LogP contribution is 2.25. The lowest BCUT2D eigenvalue weighted by Gasteiger charge is -2.22. The van der Waals surface area contributed by atoms with Crippen molar-refractivity contribution in [3.8, 4) is 0 Å². The number of hydrogen-bond acceptors (Lipinski definition) is 3. The molecule has 0 unspecified atom stereocenters. The SMILES string of the molecule is CCCN(CC(=O)Nc1ccc(Cl)cc1Cl)C(=O)c1cccc(NC(=O)NC2CC2)c1. The third kappa shape index (κ3) is 6.87. The predicted octanol–water partition coefficient (Wildman–Crippen LogP) is 4.77. The first-order valence-corrected chi connectivity index (χ1v) is 10.8. The van der Waals surface area contributed by atoms with Crippen molar-refractivity contribution in [1.29, 1.82) is 0 Å². The van der Waals surface area contributed by atoms with Crippen LogP contribution in [0.3, 0.4) is 0 Å². The van der Waals surface area contributed by atoms with E-state index in [-0.39, 0.29) is 30.4 Å². The molecule has 3 N–H and O–H groups in total. The minimum atomic E-state index is -0.371. The van der Waals surface area contributed by atoms with Crippen molar-refractivity contribution in [2.45, 2.75) is 32.2 Å². The molecule has 0 spiro atoms. The van der Waals surface area contributed by atoms with E-state index >= 15 is 0 Å². The van der Waals surface area contributed by atoms with Gasteiger partial charge in [-0.2, -0.15) is 0 Å². The Hall–Kier alpha value is -2.77. The Kier molecular flexibility index (Phi) is 7.76. The van der Waals surface area contributed by atoms with Crippen LogP contribution in [0.2, 0.25) is 10.0 Å². The van der Waals surface area contributed by atoms with Crippen LogP contribution in [0.1, 0.15) is 36.5 Å². The Morgan fingerprint density at radius 1 is 1.06 bits per heavy atom. The molecular formula is C22H24Cl2N4O3. The van der Waals surface area contributed by atoms with Gasteiger partial charge in [-0.3, -0.25) is 9.59 Å². The van der Waals surface area contributed by atoms with Gasteiger partial charge >= 0.3 is 6.03 Å². The maximum Gasteiger partial charge on any atom is 0.319 e. The Morgan fingerprint density at radius 3 is 2.52 bits per heavy atom. The molecule has 3 rings (SSSR count). The number of rotatable bonds is 8. The number of nitrogens with one attached hydrogen (secondary N) is 3. The first-order chi connectivity index (χ1) is 14.9. The van der Waals surface area contributed by atoms with Crippen molar-refractivity contribution in [1.82, 2.24) is 10.2 Å². The second kappa shape index (κ2) is 10.5. The minimum absolute atomic E-state index is 0.133. The largest absolute Gasteiger partial charge is 0.335 e. The zero-order valence-electron chi connectivity index (χ0n) is 17.1. The highest BCUT2D eigenvalue weighted by Gasteiger charge is 2.23. The number of benzene rings is 2. The molecule has 1 saturated carbocycles. The molecule has 0 atom stereocenters. The summed E-state index contributed by atoms with van der Waals surface area (Å²) in [6.45, 7) is 2.19. The van der Waals surface area contributed by atoms with Gasteiger partial charge in [-0.25, -0.2) is 4.79 Å². The van der Waals surface area contributed by atoms with Crippen LogP contribution in [0.15, 0.2) is 42.5 Å². The number of hydrogen-bond donors (Lipinski definition) is 3. The summed E-state index contributed by atoms with van der Waals surface area (Å²) in [5, 5.41) is 9.06. The molecule has 0 aromatic heterocycles. The molecule has 0 saturated heterocycles. The van der Waals surface area contributed by atoms with E-state index in [2.05, 4.69) is 16.0 Å². The molecule has 4 amide bonds. The van der Waals surface area contributed by atoms with E-state index in [1.54, 1.807) is 36.4 Å². The number of carbonyl (C=O) groups is 3. The van der Waals surface area contributed by atoms with Gasteiger partial charge in [0.1, 0.15) is 6.54 Å². The third-order valence-electron chi connectivity index (χ3n) is 4.60. The maximum absolute atomic E-state index is 13.0. The number of anilines is 2. The lowest BCUT2D eigenvalue weighted by molar-refractivity contribution is -0.116. The van der Waals surface area contributed by atoms with Crippen molar-refractivity contribution in [2.24, 2.45) is 0 Å². The van der Waals surface area contributed by atoms with Crippen LogP contribution in [-0.2, 0) is 4.79 Å². The average Bonchev–Trinajstić information content (AvgIpc) is 3.53. The van der Waals surface area contributed by atoms with E-state index in [1.807, 2.05) is 6.92 Å². The highest BCUT2D eigenvalue weighted by atomic mass is 35.5. The van der Waals surface area contributed by atoms with Gasteiger partial charge in [0.2, 0.25) is 5.91 Å².